The number of nitroso groups, excluding NO2 is 1. The van der Waals surface area contributed by atoms with Crippen LogP contribution in [-0.2, 0) is 24.9 Å². The van der Waals surface area contributed by atoms with Crippen molar-refractivity contribution in [3.8, 4) is 11.5 Å². The molecule has 1 atom stereocenters. The molecule has 0 fully saturated rings. The minimum Gasteiger partial charge on any atom is -0.426 e. The van der Waals surface area contributed by atoms with Gasteiger partial charge in [0, 0.05) is 11.9 Å². The fraction of sp³-hybridized carbons (Fsp3) is 0.125. The summed E-state index contributed by atoms with van der Waals surface area (Å²) in [6.45, 7) is 1.05. The molecule has 11 heteroatoms. The number of benzene rings is 2. The fourth-order valence-electron chi connectivity index (χ4n) is 1.96. The smallest absolute Gasteiger partial charge is 0.426 e. The van der Waals surface area contributed by atoms with E-state index in [2.05, 4.69) is 9.39 Å². The zero-order valence-corrected chi connectivity index (χ0v) is 15.4. The second kappa shape index (κ2) is 9.22. The van der Waals surface area contributed by atoms with Gasteiger partial charge >= 0.3 is 19.7 Å². The van der Waals surface area contributed by atoms with Gasteiger partial charge in [0.2, 0.25) is 0 Å². The molecule has 140 valence electrons. The van der Waals surface area contributed by atoms with Gasteiger partial charge in [-0.2, -0.15) is 0 Å². The van der Waals surface area contributed by atoms with Crippen molar-refractivity contribution in [3.63, 3.8) is 0 Å². The molecule has 0 aliphatic heterocycles. The van der Waals surface area contributed by atoms with Crippen molar-refractivity contribution >= 4 is 27.7 Å². The number of carbonyl (C=O) groups is 2. The predicted octanol–water partition coefficient (Wildman–Crippen LogP) is 2.79. The van der Waals surface area contributed by atoms with E-state index < -0.39 is 19.7 Å². The topological polar surface area (TPSA) is 118 Å². The molecule has 9 nitrogen and oxygen atoms in total. The number of para-hydroxylation sites is 1. The molecular formula is C16H15BNO8P. The lowest BCUT2D eigenvalue weighted by Gasteiger charge is -2.10. The van der Waals surface area contributed by atoms with E-state index in [9.17, 15) is 19.1 Å². The molecule has 0 saturated heterocycles. The third-order valence-corrected chi connectivity index (χ3v) is 4.34. The van der Waals surface area contributed by atoms with Crippen LogP contribution in [0, 0.1) is 4.91 Å². The van der Waals surface area contributed by atoms with Gasteiger partial charge in [0.1, 0.15) is 17.1 Å². The van der Waals surface area contributed by atoms with Gasteiger partial charge < -0.3 is 13.9 Å². The molecular weight excluding hydrogens is 376 g/mol. The third-order valence-electron chi connectivity index (χ3n) is 3.22. The van der Waals surface area contributed by atoms with Crippen molar-refractivity contribution in [2.75, 3.05) is 0 Å². The number of ether oxygens (including phenoxy) is 2. The molecule has 0 aromatic heterocycles. The molecule has 27 heavy (non-hydrogen) atoms. The molecule has 0 bridgehead atoms. The quantitative estimate of drug-likeness (QED) is 0.222. The molecule has 2 aromatic rings. The second-order valence-corrected chi connectivity index (χ2v) is 6.85. The monoisotopic (exact) mass is 391 g/mol. The lowest BCUT2D eigenvalue weighted by atomic mass is 10.2. The van der Waals surface area contributed by atoms with E-state index in [0.717, 1.165) is 8.05 Å². The summed E-state index contributed by atoms with van der Waals surface area (Å²) in [4.78, 5) is 36.2. The molecule has 1 unspecified atom stereocenters. The maximum absolute atomic E-state index is 12.3. The SMILES string of the molecule is BOP(=O)(N=O)OCc1ccc(OC(=O)c2ccccc2OC(C)=O)cc1. The van der Waals surface area contributed by atoms with Crippen LogP contribution in [0.1, 0.15) is 22.8 Å². The lowest BCUT2D eigenvalue weighted by molar-refractivity contribution is -0.131. The van der Waals surface area contributed by atoms with Crippen molar-refractivity contribution in [2.24, 2.45) is 4.95 Å². The van der Waals surface area contributed by atoms with Gasteiger partial charge in [-0.3, -0.25) is 9.32 Å². The predicted molar refractivity (Wildman–Crippen MR) is 97.0 cm³/mol. The second-order valence-electron chi connectivity index (χ2n) is 5.13. The van der Waals surface area contributed by atoms with Gasteiger partial charge in [0.05, 0.1) is 6.61 Å². The maximum atomic E-state index is 12.3. The first-order valence-electron chi connectivity index (χ1n) is 7.60. The Morgan fingerprint density at radius 3 is 2.33 bits per heavy atom. The van der Waals surface area contributed by atoms with E-state index in [-0.39, 0.29) is 23.7 Å². The van der Waals surface area contributed by atoms with Crippen molar-refractivity contribution in [3.05, 3.63) is 64.6 Å². The number of nitrogens with zero attached hydrogens (tertiary/aromatic N) is 1. The Labute approximate surface area is 155 Å². The molecule has 0 N–H and O–H groups in total. The van der Waals surface area contributed by atoms with E-state index in [0.29, 0.717) is 5.56 Å². The molecule has 0 amide bonds. The first-order chi connectivity index (χ1) is 12.9. The van der Waals surface area contributed by atoms with Gasteiger partial charge in [-0.05, 0) is 29.8 Å². The van der Waals surface area contributed by atoms with E-state index in [1.165, 1.54) is 31.2 Å². The summed E-state index contributed by atoms with van der Waals surface area (Å²) in [6, 6.07) is 12.2. The Balaban J connectivity index is 2.04. The largest absolute Gasteiger partial charge is 0.475 e. The van der Waals surface area contributed by atoms with Crippen LogP contribution in [0.5, 0.6) is 11.5 Å². The average molecular weight is 391 g/mol. The van der Waals surface area contributed by atoms with Crippen LogP contribution < -0.4 is 9.47 Å². The van der Waals surface area contributed by atoms with E-state index >= 15 is 0 Å². The standard InChI is InChI=1S/C16H15BNO8P/c1-11(19)24-15-5-3-2-4-14(15)16(20)25-13-8-6-12(7-9-13)10-23-27(22,18-21)26-17/h2-9H,10,17H2,1H3. The summed E-state index contributed by atoms with van der Waals surface area (Å²) < 4.78 is 31.1. The highest BCUT2D eigenvalue weighted by Crippen LogP contribution is 2.48. The van der Waals surface area contributed by atoms with E-state index in [4.69, 9.17) is 14.0 Å². The summed E-state index contributed by atoms with van der Waals surface area (Å²) in [5, 5.41) is 0. The summed E-state index contributed by atoms with van der Waals surface area (Å²) in [5.74, 6) is -0.941. The van der Waals surface area contributed by atoms with E-state index in [1.54, 1.807) is 24.3 Å². The van der Waals surface area contributed by atoms with Crippen LogP contribution >= 0.6 is 7.75 Å². The van der Waals surface area contributed by atoms with Gasteiger partial charge in [0.25, 0.3) is 8.05 Å². The van der Waals surface area contributed by atoms with Crippen LogP contribution in [0.4, 0.5) is 0 Å². The van der Waals surface area contributed by atoms with Gasteiger partial charge in [-0.15, -0.1) is 4.91 Å². The van der Waals surface area contributed by atoms with Crippen molar-refractivity contribution in [1.82, 2.24) is 0 Å². The number of hydrogen-bond acceptors (Lipinski definition) is 8. The zero-order valence-electron chi connectivity index (χ0n) is 14.5. The lowest BCUT2D eigenvalue weighted by Crippen LogP contribution is -2.12. The average Bonchev–Trinajstić information content (AvgIpc) is 2.67. The minimum absolute atomic E-state index is 0.0942. The first kappa shape index (κ1) is 20.5. The summed E-state index contributed by atoms with van der Waals surface area (Å²) in [7, 11) is -2.94. The maximum Gasteiger partial charge on any atom is 0.475 e. The highest BCUT2D eigenvalue weighted by Gasteiger charge is 2.23. The summed E-state index contributed by atoms with van der Waals surface area (Å²) >= 11 is 0. The highest BCUT2D eigenvalue weighted by atomic mass is 31.2. The van der Waals surface area contributed by atoms with Crippen LogP contribution in [0.2, 0.25) is 0 Å². The van der Waals surface area contributed by atoms with Crippen molar-refractivity contribution < 1.29 is 32.6 Å². The molecule has 0 aliphatic rings. The molecule has 0 radical (unpaired) electrons. The van der Waals surface area contributed by atoms with Crippen LogP contribution in [0.3, 0.4) is 0 Å². The summed E-state index contributed by atoms with van der Waals surface area (Å²) in [6.07, 6.45) is 0. The Morgan fingerprint density at radius 2 is 1.74 bits per heavy atom. The molecule has 0 saturated carbocycles. The highest BCUT2D eigenvalue weighted by molar-refractivity contribution is 7.53. The fourth-order valence-corrected chi connectivity index (χ4v) is 2.49. The zero-order chi connectivity index (χ0) is 19.9. The molecule has 0 aliphatic carbocycles. The van der Waals surface area contributed by atoms with Gasteiger partial charge in [-0.25, -0.2) is 9.36 Å². The van der Waals surface area contributed by atoms with E-state index in [1.807, 2.05) is 0 Å². The number of esters is 2. The summed E-state index contributed by atoms with van der Waals surface area (Å²) in [5.41, 5.74) is 0.647. The first-order valence-corrected chi connectivity index (χ1v) is 9.10. The Bertz CT molecular complexity index is 886. The number of hydrogen-bond donors (Lipinski definition) is 0. The third kappa shape index (κ3) is 5.85. The molecule has 2 rings (SSSR count). The Kier molecular flexibility index (Phi) is 7.01. The number of carbonyl (C=O) groups excluding carboxylic acids is 2. The van der Waals surface area contributed by atoms with Gasteiger partial charge in [-0.1, -0.05) is 24.3 Å². The van der Waals surface area contributed by atoms with Crippen molar-refractivity contribution in [1.29, 1.82) is 0 Å². The Morgan fingerprint density at radius 1 is 1.07 bits per heavy atom. The minimum atomic E-state index is -4.00. The molecule has 0 heterocycles. The van der Waals surface area contributed by atoms with Crippen LogP contribution in [0.25, 0.3) is 0 Å². The normalized spacial score (nSPS) is 12.6. The van der Waals surface area contributed by atoms with Crippen LogP contribution in [0.15, 0.2) is 53.5 Å². The molecule has 2 aromatic carbocycles. The van der Waals surface area contributed by atoms with Crippen molar-refractivity contribution in [2.45, 2.75) is 13.5 Å². The van der Waals surface area contributed by atoms with Gasteiger partial charge in [0.15, 0.2) is 0 Å². The molecule has 0 spiro atoms. The Hall–Kier alpha value is -2.81. The number of rotatable bonds is 8. The van der Waals surface area contributed by atoms with Crippen LogP contribution in [-0.4, -0.2) is 20.0 Å².